The van der Waals surface area contributed by atoms with Gasteiger partial charge in [-0.25, -0.2) is 0 Å². The third kappa shape index (κ3) is 5.75. The van der Waals surface area contributed by atoms with Gasteiger partial charge in [-0.2, -0.15) is 0 Å². The number of aromatic nitrogens is 3. The number of fused-ring (bicyclic) bond motifs is 1. The largest absolute Gasteiger partial charge is 0.496 e. The topological polar surface area (TPSA) is 81.5 Å². The standard InChI is InChI=1S/C26H33N5O3/c1-19-20(2)23(33-3)10-9-21(19)17-30-14-12-25-29-28-24(31(25)16-15-30)11-13-27-26(32)18-34-22-7-5-4-6-8-22/h4-10H,11-18H2,1-3H3,(H,27,32). The Kier molecular flexibility index (Phi) is 7.80. The molecule has 1 aliphatic heterocycles. The van der Waals surface area contributed by atoms with Crippen LogP contribution in [0.1, 0.15) is 28.3 Å². The maximum absolute atomic E-state index is 12.1. The van der Waals surface area contributed by atoms with E-state index in [2.05, 4.69) is 51.0 Å². The Labute approximate surface area is 200 Å². The van der Waals surface area contributed by atoms with Crippen LogP contribution in [-0.4, -0.2) is 58.9 Å². The van der Waals surface area contributed by atoms with Crippen LogP contribution in [0.25, 0.3) is 0 Å². The average Bonchev–Trinajstić information content (AvgIpc) is 3.12. The third-order valence-corrected chi connectivity index (χ3v) is 6.44. The molecule has 2 aromatic carbocycles. The number of benzene rings is 2. The van der Waals surface area contributed by atoms with Gasteiger partial charge < -0.3 is 19.4 Å². The van der Waals surface area contributed by atoms with Gasteiger partial charge in [0.1, 0.15) is 23.1 Å². The first-order chi connectivity index (χ1) is 16.5. The number of para-hydroxylation sites is 1. The maximum Gasteiger partial charge on any atom is 0.257 e. The van der Waals surface area contributed by atoms with E-state index in [4.69, 9.17) is 9.47 Å². The normalized spacial score (nSPS) is 13.7. The quantitative estimate of drug-likeness (QED) is 0.526. The fourth-order valence-corrected chi connectivity index (χ4v) is 4.29. The second-order valence-corrected chi connectivity index (χ2v) is 8.59. The molecule has 0 unspecified atom stereocenters. The summed E-state index contributed by atoms with van der Waals surface area (Å²) in [7, 11) is 1.72. The molecule has 34 heavy (non-hydrogen) atoms. The predicted molar refractivity (Wildman–Crippen MR) is 130 cm³/mol. The number of hydrogen-bond donors (Lipinski definition) is 1. The van der Waals surface area contributed by atoms with Crippen molar-refractivity contribution in [2.45, 2.75) is 39.8 Å². The molecule has 0 fully saturated rings. The van der Waals surface area contributed by atoms with E-state index in [-0.39, 0.29) is 12.5 Å². The van der Waals surface area contributed by atoms with Crippen LogP contribution in [-0.2, 0) is 30.7 Å². The number of amides is 1. The SMILES string of the molecule is COc1ccc(CN2CCc3nnc(CCNC(=O)COc4ccccc4)n3CC2)c(C)c1C. The molecule has 1 amide bonds. The van der Waals surface area contributed by atoms with E-state index >= 15 is 0 Å². The van der Waals surface area contributed by atoms with Gasteiger partial charge in [-0.15, -0.1) is 10.2 Å². The second kappa shape index (κ2) is 11.2. The van der Waals surface area contributed by atoms with Crippen LogP contribution in [0.3, 0.4) is 0 Å². The molecule has 8 nitrogen and oxygen atoms in total. The van der Waals surface area contributed by atoms with E-state index in [0.717, 1.165) is 50.0 Å². The Bertz CT molecular complexity index is 1110. The molecule has 0 saturated carbocycles. The molecule has 0 bridgehead atoms. The third-order valence-electron chi connectivity index (χ3n) is 6.44. The molecular formula is C26H33N5O3. The Morgan fingerprint density at radius 3 is 2.65 bits per heavy atom. The van der Waals surface area contributed by atoms with Crippen LogP contribution in [0.2, 0.25) is 0 Å². The Balaban J connectivity index is 1.27. The van der Waals surface area contributed by atoms with Crippen molar-refractivity contribution < 1.29 is 14.3 Å². The van der Waals surface area contributed by atoms with E-state index in [1.807, 2.05) is 30.3 Å². The summed E-state index contributed by atoms with van der Waals surface area (Å²) in [6, 6.07) is 13.6. The summed E-state index contributed by atoms with van der Waals surface area (Å²) >= 11 is 0. The van der Waals surface area contributed by atoms with Crippen molar-refractivity contribution in [3.63, 3.8) is 0 Å². The van der Waals surface area contributed by atoms with Crippen molar-refractivity contribution in [2.75, 3.05) is 33.4 Å². The highest BCUT2D eigenvalue weighted by Crippen LogP contribution is 2.25. The highest BCUT2D eigenvalue weighted by Gasteiger charge is 2.20. The molecule has 0 saturated heterocycles. The van der Waals surface area contributed by atoms with Crippen molar-refractivity contribution in [2.24, 2.45) is 0 Å². The van der Waals surface area contributed by atoms with Gasteiger partial charge in [-0.05, 0) is 48.7 Å². The van der Waals surface area contributed by atoms with E-state index in [1.165, 1.54) is 16.7 Å². The first kappa shape index (κ1) is 23.8. The first-order valence-corrected chi connectivity index (χ1v) is 11.8. The average molecular weight is 464 g/mol. The predicted octanol–water partition coefficient (Wildman–Crippen LogP) is 2.70. The summed E-state index contributed by atoms with van der Waals surface area (Å²) in [5.41, 5.74) is 3.82. The van der Waals surface area contributed by atoms with Crippen LogP contribution >= 0.6 is 0 Å². The van der Waals surface area contributed by atoms with Crippen molar-refractivity contribution in [1.82, 2.24) is 25.0 Å². The Morgan fingerprint density at radius 1 is 1.03 bits per heavy atom. The van der Waals surface area contributed by atoms with Crippen molar-refractivity contribution in [1.29, 1.82) is 0 Å². The van der Waals surface area contributed by atoms with Gasteiger partial charge in [0.25, 0.3) is 5.91 Å². The molecule has 1 aliphatic rings. The first-order valence-electron chi connectivity index (χ1n) is 11.8. The molecule has 0 radical (unpaired) electrons. The van der Waals surface area contributed by atoms with Crippen molar-refractivity contribution >= 4 is 5.91 Å². The van der Waals surface area contributed by atoms with Gasteiger partial charge in [0.2, 0.25) is 0 Å². The van der Waals surface area contributed by atoms with Gasteiger partial charge >= 0.3 is 0 Å². The van der Waals surface area contributed by atoms with E-state index < -0.39 is 0 Å². The summed E-state index contributed by atoms with van der Waals surface area (Å²) in [4.78, 5) is 14.6. The molecule has 8 heteroatoms. The van der Waals surface area contributed by atoms with Crippen LogP contribution in [0.15, 0.2) is 42.5 Å². The molecule has 3 aromatic rings. The molecule has 180 valence electrons. The number of ether oxygens (including phenoxy) is 2. The van der Waals surface area contributed by atoms with Gasteiger partial charge in [0.05, 0.1) is 7.11 Å². The lowest BCUT2D eigenvalue weighted by molar-refractivity contribution is -0.123. The molecule has 4 rings (SSSR count). The van der Waals surface area contributed by atoms with Gasteiger partial charge in [0, 0.05) is 45.6 Å². The zero-order valence-corrected chi connectivity index (χ0v) is 20.2. The maximum atomic E-state index is 12.1. The smallest absolute Gasteiger partial charge is 0.257 e. The number of nitrogens with zero attached hydrogens (tertiary/aromatic N) is 4. The molecule has 2 heterocycles. The fourth-order valence-electron chi connectivity index (χ4n) is 4.29. The van der Waals surface area contributed by atoms with Gasteiger partial charge in [0.15, 0.2) is 6.61 Å². The summed E-state index contributed by atoms with van der Waals surface area (Å²) in [6.45, 7) is 8.40. The van der Waals surface area contributed by atoms with Crippen molar-refractivity contribution in [3.05, 3.63) is 70.8 Å². The second-order valence-electron chi connectivity index (χ2n) is 8.59. The van der Waals surface area contributed by atoms with Crippen molar-refractivity contribution in [3.8, 4) is 11.5 Å². The molecule has 1 aromatic heterocycles. The molecule has 1 N–H and O–H groups in total. The summed E-state index contributed by atoms with van der Waals surface area (Å²) in [6.07, 6.45) is 1.50. The minimum Gasteiger partial charge on any atom is -0.496 e. The molecule has 0 atom stereocenters. The lowest BCUT2D eigenvalue weighted by Crippen LogP contribution is -2.31. The number of carbonyl (C=O) groups is 1. The van der Waals surface area contributed by atoms with Gasteiger partial charge in [-0.1, -0.05) is 24.3 Å². The number of hydrogen-bond acceptors (Lipinski definition) is 6. The minimum atomic E-state index is -0.143. The Hall–Kier alpha value is -3.39. The van der Waals surface area contributed by atoms with Crippen LogP contribution < -0.4 is 14.8 Å². The summed E-state index contributed by atoms with van der Waals surface area (Å²) in [5, 5.41) is 11.7. The number of carbonyl (C=O) groups excluding carboxylic acids is 1. The van der Waals surface area contributed by atoms with Gasteiger partial charge in [-0.3, -0.25) is 9.69 Å². The van der Waals surface area contributed by atoms with E-state index in [9.17, 15) is 4.79 Å². The van der Waals surface area contributed by atoms with E-state index in [1.54, 1.807) is 7.11 Å². The molecular weight excluding hydrogens is 430 g/mol. The highest BCUT2D eigenvalue weighted by molar-refractivity contribution is 5.77. The Morgan fingerprint density at radius 2 is 1.85 bits per heavy atom. The summed E-state index contributed by atoms with van der Waals surface area (Å²) in [5.74, 6) is 3.41. The fraction of sp³-hybridized carbons (Fsp3) is 0.423. The van der Waals surface area contributed by atoms with Crippen LogP contribution in [0.4, 0.5) is 0 Å². The number of rotatable bonds is 9. The number of methoxy groups -OCH3 is 1. The molecule has 0 aliphatic carbocycles. The monoisotopic (exact) mass is 463 g/mol. The zero-order valence-electron chi connectivity index (χ0n) is 20.2. The minimum absolute atomic E-state index is 0.00116. The lowest BCUT2D eigenvalue weighted by atomic mass is 10.0. The number of nitrogens with one attached hydrogen (secondary N) is 1. The van der Waals surface area contributed by atoms with Crippen LogP contribution in [0, 0.1) is 13.8 Å². The summed E-state index contributed by atoms with van der Waals surface area (Å²) < 4.78 is 13.2. The van der Waals surface area contributed by atoms with E-state index in [0.29, 0.717) is 18.7 Å². The zero-order chi connectivity index (χ0) is 23.9. The van der Waals surface area contributed by atoms with Crippen LogP contribution in [0.5, 0.6) is 11.5 Å². The highest BCUT2D eigenvalue weighted by atomic mass is 16.5. The molecule has 0 spiro atoms. The lowest BCUT2D eigenvalue weighted by Gasteiger charge is -2.22.